The molecule has 1 fully saturated rings. The fourth-order valence-corrected chi connectivity index (χ4v) is 3.63. The Bertz CT molecular complexity index is 828. The van der Waals surface area contributed by atoms with E-state index >= 15 is 0 Å². The van der Waals surface area contributed by atoms with E-state index in [0.29, 0.717) is 12.5 Å². The predicted molar refractivity (Wildman–Crippen MR) is 114 cm³/mol. The predicted octanol–water partition coefficient (Wildman–Crippen LogP) is 2.98. The van der Waals surface area contributed by atoms with Crippen molar-refractivity contribution >= 4 is 17.5 Å². The monoisotopic (exact) mass is 395 g/mol. The second-order valence-corrected chi connectivity index (χ2v) is 7.40. The van der Waals surface area contributed by atoms with E-state index in [0.717, 1.165) is 49.5 Å². The van der Waals surface area contributed by atoms with Gasteiger partial charge in [-0.1, -0.05) is 30.3 Å². The SMILES string of the molecule is COc1ccccc1CC(=O)N1CCC(NCc2ccc(NC(C)=O)cc2)CC1. The van der Waals surface area contributed by atoms with Gasteiger partial charge in [0.1, 0.15) is 5.75 Å². The number of benzene rings is 2. The maximum atomic E-state index is 12.7. The summed E-state index contributed by atoms with van der Waals surface area (Å²) in [6.07, 6.45) is 2.27. The molecule has 0 aliphatic carbocycles. The normalized spacial score (nSPS) is 14.5. The van der Waals surface area contributed by atoms with Crippen LogP contribution >= 0.6 is 0 Å². The standard InChI is InChI=1S/C23H29N3O3/c1-17(27)25-21-9-7-18(8-10-21)16-24-20-11-13-26(14-12-20)23(28)15-19-5-3-4-6-22(19)29-2/h3-10,20,24H,11-16H2,1-2H3,(H,25,27). The van der Waals surface area contributed by atoms with Crippen LogP contribution in [0, 0.1) is 0 Å². The Labute approximate surface area is 172 Å². The Balaban J connectivity index is 1.43. The van der Waals surface area contributed by atoms with Crippen molar-refractivity contribution in [2.45, 2.75) is 38.8 Å². The van der Waals surface area contributed by atoms with Crippen LogP contribution in [0.5, 0.6) is 5.75 Å². The average Bonchev–Trinajstić information content (AvgIpc) is 2.73. The molecule has 6 nitrogen and oxygen atoms in total. The first-order chi connectivity index (χ1) is 14.0. The molecule has 154 valence electrons. The van der Waals surface area contributed by atoms with Crippen molar-refractivity contribution in [2.75, 3.05) is 25.5 Å². The molecule has 1 aliphatic heterocycles. The maximum absolute atomic E-state index is 12.7. The van der Waals surface area contributed by atoms with Gasteiger partial charge >= 0.3 is 0 Å². The molecule has 0 aromatic heterocycles. The molecule has 1 heterocycles. The Morgan fingerprint density at radius 1 is 1.07 bits per heavy atom. The Morgan fingerprint density at radius 3 is 2.41 bits per heavy atom. The average molecular weight is 396 g/mol. The lowest BCUT2D eigenvalue weighted by atomic mass is 10.0. The number of rotatable bonds is 7. The van der Waals surface area contributed by atoms with Gasteiger partial charge in [0.25, 0.3) is 0 Å². The highest BCUT2D eigenvalue weighted by atomic mass is 16.5. The molecule has 0 bridgehead atoms. The minimum atomic E-state index is -0.0668. The van der Waals surface area contributed by atoms with E-state index in [1.54, 1.807) is 7.11 Å². The first-order valence-electron chi connectivity index (χ1n) is 10.0. The second kappa shape index (κ2) is 10.1. The second-order valence-electron chi connectivity index (χ2n) is 7.40. The lowest BCUT2D eigenvalue weighted by Crippen LogP contribution is -2.45. The van der Waals surface area contributed by atoms with E-state index in [1.165, 1.54) is 12.5 Å². The number of methoxy groups -OCH3 is 1. The summed E-state index contributed by atoms with van der Waals surface area (Å²) >= 11 is 0. The molecule has 2 aromatic carbocycles. The smallest absolute Gasteiger partial charge is 0.227 e. The Hall–Kier alpha value is -2.86. The number of nitrogens with zero attached hydrogens (tertiary/aromatic N) is 1. The van der Waals surface area contributed by atoms with Crippen LogP contribution in [0.25, 0.3) is 0 Å². The van der Waals surface area contributed by atoms with Gasteiger partial charge in [-0.05, 0) is 36.6 Å². The molecule has 29 heavy (non-hydrogen) atoms. The third kappa shape index (κ3) is 6.06. The highest BCUT2D eigenvalue weighted by molar-refractivity contribution is 5.88. The van der Waals surface area contributed by atoms with Crippen LogP contribution in [0.1, 0.15) is 30.9 Å². The van der Waals surface area contributed by atoms with E-state index < -0.39 is 0 Å². The molecule has 0 atom stereocenters. The van der Waals surface area contributed by atoms with Crippen molar-refractivity contribution < 1.29 is 14.3 Å². The zero-order valence-electron chi connectivity index (χ0n) is 17.1. The number of para-hydroxylation sites is 1. The van der Waals surface area contributed by atoms with Gasteiger partial charge in [0, 0.05) is 43.9 Å². The molecule has 0 saturated carbocycles. The van der Waals surface area contributed by atoms with Crippen molar-refractivity contribution in [3.8, 4) is 5.75 Å². The molecule has 6 heteroatoms. The van der Waals surface area contributed by atoms with Crippen molar-refractivity contribution in [3.63, 3.8) is 0 Å². The molecule has 2 amide bonds. The van der Waals surface area contributed by atoms with Crippen molar-refractivity contribution in [3.05, 3.63) is 59.7 Å². The van der Waals surface area contributed by atoms with Gasteiger partial charge in [0.15, 0.2) is 0 Å². The maximum Gasteiger partial charge on any atom is 0.227 e. The molecular formula is C23H29N3O3. The van der Waals surface area contributed by atoms with Gasteiger partial charge in [-0.2, -0.15) is 0 Å². The number of anilines is 1. The van der Waals surface area contributed by atoms with Crippen molar-refractivity contribution in [2.24, 2.45) is 0 Å². The zero-order chi connectivity index (χ0) is 20.6. The number of likely N-dealkylation sites (tertiary alicyclic amines) is 1. The van der Waals surface area contributed by atoms with Crippen LogP contribution in [-0.2, 0) is 22.6 Å². The fourth-order valence-electron chi connectivity index (χ4n) is 3.63. The van der Waals surface area contributed by atoms with Gasteiger partial charge in [-0.3, -0.25) is 9.59 Å². The topological polar surface area (TPSA) is 70.7 Å². The first kappa shape index (κ1) is 20.9. The van der Waals surface area contributed by atoms with E-state index in [-0.39, 0.29) is 11.8 Å². The number of piperidine rings is 1. The van der Waals surface area contributed by atoms with E-state index in [4.69, 9.17) is 4.74 Å². The first-order valence-corrected chi connectivity index (χ1v) is 10.0. The van der Waals surface area contributed by atoms with Gasteiger partial charge < -0.3 is 20.3 Å². The fraction of sp³-hybridized carbons (Fsp3) is 0.391. The molecule has 0 spiro atoms. The van der Waals surface area contributed by atoms with Gasteiger partial charge in [0.05, 0.1) is 13.5 Å². The minimum absolute atomic E-state index is 0.0668. The molecular weight excluding hydrogens is 366 g/mol. The van der Waals surface area contributed by atoms with Crippen LogP contribution in [0.3, 0.4) is 0 Å². The summed E-state index contributed by atoms with van der Waals surface area (Å²) in [5.41, 5.74) is 2.92. The summed E-state index contributed by atoms with van der Waals surface area (Å²) in [6.45, 7) is 3.82. The summed E-state index contributed by atoms with van der Waals surface area (Å²) in [7, 11) is 1.63. The Kier molecular flexibility index (Phi) is 7.25. The molecule has 2 N–H and O–H groups in total. The minimum Gasteiger partial charge on any atom is -0.496 e. The number of ether oxygens (including phenoxy) is 1. The van der Waals surface area contributed by atoms with Crippen LogP contribution in [0.15, 0.2) is 48.5 Å². The number of carbonyl (C=O) groups excluding carboxylic acids is 2. The lowest BCUT2D eigenvalue weighted by Gasteiger charge is -2.32. The highest BCUT2D eigenvalue weighted by Gasteiger charge is 2.23. The van der Waals surface area contributed by atoms with Crippen molar-refractivity contribution in [1.82, 2.24) is 10.2 Å². The summed E-state index contributed by atoms with van der Waals surface area (Å²) in [5, 5.41) is 6.35. The Morgan fingerprint density at radius 2 is 1.76 bits per heavy atom. The van der Waals surface area contributed by atoms with Crippen LogP contribution in [0.2, 0.25) is 0 Å². The van der Waals surface area contributed by atoms with Gasteiger partial charge in [-0.15, -0.1) is 0 Å². The van der Waals surface area contributed by atoms with E-state index in [1.807, 2.05) is 53.4 Å². The zero-order valence-corrected chi connectivity index (χ0v) is 17.1. The molecule has 1 saturated heterocycles. The number of nitrogens with one attached hydrogen (secondary N) is 2. The number of hydrogen-bond donors (Lipinski definition) is 2. The van der Waals surface area contributed by atoms with Crippen LogP contribution in [-0.4, -0.2) is 43.0 Å². The molecule has 1 aliphatic rings. The third-order valence-corrected chi connectivity index (χ3v) is 5.25. The molecule has 3 rings (SSSR count). The molecule has 0 radical (unpaired) electrons. The quantitative estimate of drug-likeness (QED) is 0.756. The summed E-state index contributed by atoms with van der Waals surface area (Å²) in [4.78, 5) is 25.7. The van der Waals surface area contributed by atoms with Gasteiger partial charge in [-0.25, -0.2) is 0 Å². The summed E-state index contributed by atoms with van der Waals surface area (Å²) < 4.78 is 5.35. The van der Waals surface area contributed by atoms with Crippen molar-refractivity contribution in [1.29, 1.82) is 0 Å². The van der Waals surface area contributed by atoms with Crippen LogP contribution < -0.4 is 15.4 Å². The number of carbonyl (C=O) groups is 2. The van der Waals surface area contributed by atoms with E-state index in [2.05, 4.69) is 10.6 Å². The highest BCUT2D eigenvalue weighted by Crippen LogP contribution is 2.20. The lowest BCUT2D eigenvalue weighted by molar-refractivity contribution is -0.131. The third-order valence-electron chi connectivity index (χ3n) is 5.25. The number of hydrogen-bond acceptors (Lipinski definition) is 4. The largest absolute Gasteiger partial charge is 0.496 e. The molecule has 0 unspecified atom stereocenters. The van der Waals surface area contributed by atoms with E-state index in [9.17, 15) is 9.59 Å². The number of amides is 2. The van der Waals surface area contributed by atoms with Crippen LogP contribution in [0.4, 0.5) is 5.69 Å². The summed E-state index contributed by atoms with van der Waals surface area (Å²) in [5.74, 6) is 0.853. The summed E-state index contributed by atoms with van der Waals surface area (Å²) in [6, 6.07) is 16.0. The molecule has 2 aromatic rings. The van der Waals surface area contributed by atoms with Gasteiger partial charge in [0.2, 0.25) is 11.8 Å².